The molecule has 164 valence electrons. The molecule has 0 aliphatic carbocycles. The van der Waals surface area contributed by atoms with Crippen LogP contribution >= 0.6 is 0 Å². The highest BCUT2D eigenvalue weighted by molar-refractivity contribution is 6.01. The minimum atomic E-state index is -0.508. The SMILES string of the molecule is C[C@@H]1CN(c2ccc(NC3CCC(=O)NC3=O)cc2F)CCN1CC1CCNCC1. The number of piperazine rings is 1. The number of benzene rings is 1. The van der Waals surface area contributed by atoms with Gasteiger partial charge in [0.05, 0.1) is 5.69 Å². The molecule has 1 aromatic rings. The van der Waals surface area contributed by atoms with E-state index in [0.717, 1.165) is 45.2 Å². The molecule has 2 amide bonds. The average Bonchev–Trinajstić information content (AvgIpc) is 2.73. The van der Waals surface area contributed by atoms with Crippen molar-refractivity contribution in [3.8, 4) is 0 Å². The average molecular weight is 418 g/mol. The lowest BCUT2D eigenvalue weighted by atomic mass is 9.96. The Hall–Kier alpha value is -2.19. The van der Waals surface area contributed by atoms with Gasteiger partial charge in [0, 0.05) is 44.3 Å². The molecule has 1 aromatic carbocycles. The monoisotopic (exact) mass is 417 g/mol. The summed E-state index contributed by atoms with van der Waals surface area (Å²) in [6, 6.07) is 4.93. The molecule has 3 saturated heterocycles. The maximum atomic E-state index is 14.9. The molecule has 30 heavy (non-hydrogen) atoms. The minimum absolute atomic E-state index is 0.256. The number of carbonyl (C=O) groups excluding carboxylic acids is 2. The summed E-state index contributed by atoms with van der Waals surface area (Å²) in [7, 11) is 0. The predicted molar refractivity (Wildman–Crippen MR) is 115 cm³/mol. The lowest BCUT2D eigenvalue weighted by molar-refractivity contribution is -0.133. The zero-order valence-corrected chi connectivity index (χ0v) is 17.6. The van der Waals surface area contributed by atoms with E-state index >= 15 is 0 Å². The number of halogens is 1. The van der Waals surface area contributed by atoms with Gasteiger partial charge in [-0.3, -0.25) is 19.8 Å². The number of anilines is 2. The molecule has 2 atom stereocenters. The van der Waals surface area contributed by atoms with Gasteiger partial charge < -0.3 is 15.5 Å². The highest BCUT2D eigenvalue weighted by atomic mass is 19.1. The molecule has 3 aliphatic heterocycles. The van der Waals surface area contributed by atoms with Gasteiger partial charge in [0.1, 0.15) is 11.9 Å². The van der Waals surface area contributed by atoms with Crippen LogP contribution in [0.3, 0.4) is 0 Å². The molecule has 3 aliphatic rings. The number of imide groups is 1. The first-order chi connectivity index (χ1) is 14.5. The van der Waals surface area contributed by atoms with Crippen molar-refractivity contribution < 1.29 is 14.0 Å². The van der Waals surface area contributed by atoms with Crippen LogP contribution < -0.4 is 20.9 Å². The van der Waals surface area contributed by atoms with Crippen LogP contribution in [0, 0.1) is 11.7 Å². The second-order valence-electron chi connectivity index (χ2n) is 8.80. The maximum absolute atomic E-state index is 14.9. The van der Waals surface area contributed by atoms with Crippen molar-refractivity contribution in [1.29, 1.82) is 0 Å². The standard InChI is InChI=1S/C22H32FN5O2/c1-15-13-28(11-10-27(15)14-16-6-8-24-9-7-16)20-4-2-17(12-18(20)23)25-19-3-5-21(29)26-22(19)30/h2,4,12,15-16,19,24-25H,3,5-11,13-14H2,1H3,(H,26,29,30)/t15-,19?/m1/s1. The van der Waals surface area contributed by atoms with E-state index in [1.807, 2.05) is 6.07 Å². The third-order valence-electron chi connectivity index (χ3n) is 6.58. The highest BCUT2D eigenvalue weighted by Crippen LogP contribution is 2.27. The quantitative estimate of drug-likeness (QED) is 0.631. The Morgan fingerprint density at radius 3 is 2.67 bits per heavy atom. The lowest BCUT2D eigenvalue weighted by Gasteiger charge is -2.43. The molecule has 3 heterocycles. The van der Waals surface area contributed by atoms with Crippen LogP contribution in [0.2, 0.25) is 0 Å². The molecule has 0 aromatic heterocycles. The van der Waals surface area contributed by atoms with Crippen molar-refractivity contribution in [3.05, 3.63) is 24.0 Å². The molecule has 0 bridgehead atoms. The predicted octanol–water partition coefficient (Wildman–Crippen LogP) is 1.55. The molecule has 0 saturated carbocycles. The first kappa shape index (κ1) is 21.1. The number of nitrogens with zero attached hydrogens (tertiary/aromatic N) is 2. The van der Waals surface area contributed by atoms with Gasteiger partial charge in [-0.05, 0) is 63.4 Å². The number of amides is 2. The lowest BCUT2D eigenvalue weighted by Crippen LogP contribution is -2.53. The fourth-order valence-corrected chi connectivity index (χ4v) is 4.77. The van der Waals surface area contributed by atoms with Crippen molar-refractivity contribution in [2.45, 2.75) is 44.7 Å². The van der Waals surface area contributed by atoms with Crippen LogP contribution in [0.1, 0.15) is 32.6 Å². The molecule has 8 heteroatoms. The van der Waals surface area contributed by atoms with E-state index in [0.29, 0.717) is 30.3 Å². The summed E-state index contributed by atoms with van der Waals surface area (Å²) in [5.41, 5.74) is 1.17. The molecular weight excluding hydrogens is 385 g/mol. The van der Waals surface area contributed by atoms with Gasteiger partial charge in [-0.1, -0.05) is 0 Å². The molecule has 0 spiro atoms. The minimum Gasteiger partial charge on any atom is -0.374 e. The van der Waals surface area contributed by atoms with Crippen LogP contribution in [0.25, 0.3) is 0 Å². The van der Waals surface area contributed by atoms with Gasteiger partial charge in [0.2, 0.25) is 11.8 Å². The molecule has 0 radical (unpaired) electrons. The molecule has 3 fully saturated rings. The van der Waals surface area contributed by atoms with Gasteiger partial charge >= 0.3 is 0 Å². The van der Waals surface area contributed by atoms with Gasteiger partial charge in [0.15, 0.2) is 0 Å². The van der Waals surface area contributed by atoms with Gasteiger partial charge in [-0.25, -0.2) is 4.39 Å². The van der Waals surface area contributed by atoms with Gasteiger partial charge in [0.25, 0.3) is 0 Å². The van der Waals surface area contributed by atoms with E-state index in [9.17, 15) is 14.0 Å². The van der Waals surface area contributed by atoms with Gasteiger partial charge in [-0.15, -0.1) is 0 Å². The van der Waals surface area contributed by atoms with Crippen LogP contribution in [-0.4, -0.2) is 68.1 Å². The second kappa shape index (κ2) is 9.31. The van der Waals surface area contributed by atoms with E-state index in [2.05, 4.69) is 32.7 Å². The number of nitrogens with one attached hydrogen (secondary N) is 3. The van der Waals surface area contributed by atoms with Crippen molar-refractivity contribution in [2.75, 3.05) is 49.5 Å². The van der Waals surface area contributed by atoms with Crippen LogP contribution in [0.4, 0.5) is 15.8 Å². The first-order valence-corrected chi connectivity index (χ1v) is 11.1. The Morgan fingerprint density at radius 1 is 1.17 bits per heavy atom. The van der Waals surface area contributed by atoms with Crippen LogP contribution in [0.15, 0.2) is 18.2 Å². The molecular formula is C22H32FN5O2. The van der Waals surface area contributed by atoms with E-state index in [1.165, 1.54) is 18.9 Å². The van der Waals surface area contributed by atoms with Crippen molar-refractivity contribution in [1.82, 2.24) is 15.5 Å². The summed E-state index contributed by atoms with van der Waals surface area (Å²) >= 11 is 0. The highest BCUT2D eigenvalue weighted by Gasteiger charge is 2.29. The first-order valence-electron chi connectivity index (χ1n) is 11.1. The zero-order chi connectivity index (χ0) is 21.1. The van der Waals surface area contributed by atoms with E-state index in [-0.39, 0.29) is 17.6 Å². The summed E-state index contributed by atoms with van der Waals surface area (Å²) < 4.78 is 14.9. The topological polar surface area (TPSA) is 76.7 Å². The van der Waals surface area contributed by atoms with Crippen molar-refractivity contribution >= 4 is 23.2 Å². The fourth-order valence-electron chi connectivity index (χ4n) is 4.77. The number of piperidine rings is 2. The Balaban J connectivity index is 1.34. The van der Waals surface area contributed by atoms with Crippen LogP contribution in [0.5, 0.6) is 0 Å². The van der Waals surface area contributed by atoms with Crippen molar-refractivity contribution in [2.24, 2.45) is 5.92 Å². The third-order valence-corrected chi connectivity index (χ3v) is 6.58. The summed E-state index contributed by atoms with van der Waals surface area (Å²) in [4.78, 5) is 27.9. The van der Waals surface area contributed by atoms with Gasteiger partial charge in [-0.2, -0.15) is 0 Å². The summed E-state index contributed by atoms with van der Waals surface area (Å²) in [6.45, 7) is 8.15. The number of hydrogen-bond acceptors (Lipinski definition) is 6. The van der Waals surface area contributed by atoms with Crippen molar-refractivity contribution in [3.63, 3.8) is 0 Å². The Labute approximate surface area is 177 Å². The summed E-state index contributed by atoms with van der Waals surface area (Å²) in [6.07, 6.45) is 3.19. The van der Waals surface area contributed by atoms with E-state index < -0.39 is 6.04 Å². The Bertz CT molecular complexity index is 783. The molecule has 3 N–H and O–H groups in total. The summed E-state index contributed by atoms with van der Waals surface area (Å²) in [5, 5.41) is 8.78. The molecule has 7 nitrogen and oxygen atoms in total. The van der Waals surface area contributed by atoms with E-state index in [1.54, 1.807) is 6.07 Å². The van der Waals surface area contributed by atoms with Crippen LogP contribution in [-0.2, 0) is 9.59 Å². The number of carbonyl (C=O) groups is 2. The molecule has 4 rings (SSSR count). The fraction of sp³-hybridized carbons (Fsp3) is 0.636. The summed E-state index contributed by atoms with van der Waals surface area (Å²) in [5.74, 6) is -0.136. The smallest absolute Gasteiger partial charge is 0.249 e. The Morgan fingerprint density at radius 2 is 1.97 bits per heavy atom. The normalized spacial score (nSPS) is 26.5. The molecule has 1 unspecified atom stereocenters. The van der Waals surface area contributed by atoms with E-state index in [4.69, 9.17) is 0 Å². The zero-order valence-electron chi connectivity index (χ0n) is 17.6. The largest absolute Gasteiger partial charge is 0.374 e. The maximum Gasteiger partial charge on any atom is 0.249 e. The third kappa shape index (κ3) is 4.92. The second-order valence-corrected chi connectivity index (χ2v) is 8.80. The number of hydrogen-bond donors (Lipinski definition) is 3. The number of rotatable bonds is 5. The Kier molecular flexibility index (Phi) is 6.53.